The molecule has 86 valence electrons. The van der Waals surface area contributed by atoms with Crippen LogP contribution in [0.2, 0.25) is 0 Å². The largest absolute Gasteiger partial charge is 0.380 e. The summed E-state index contributed by atoms with van der Waals surface area (Å²) < 4.78 is 7.17. The molecule has 0 bridgehead atoms. The van der Waals surface area contributed by atoms with E-state index >= 15 is 0 Å². The van der Waals surface area contributed by atoms with Gasteiger partial charge in [0, 0.05) is 6.61 Å². The van der Waals surface area contributed by atoms with Gasteiger partial charge in [-0.3, -0.25) is 0 Å². The Balaban J connectivity index is 2.32. The summed E-state index contributed by atoms with van der Waals surface area (Å²) in [7, 11) is 0. The van der Waals surface area contributed by atoms with Gasteiger partial charge in [0.25, 0.3) is 0 Å². The normalized spacial score (nSPS) is 10.8. The third-order valence-electron chi connectivity index (χ3n) is 2.06. The number of hydrogen-bond acceptors (Lipinski definition) is 4. The minimum absolute atomic E-state index is 0.695. The van der Waals surface area contributed by atoms with Gasteiger partial charge < -0.3 is 10.1 Å². The van der Waals surface area contributed by atoms with Gasteiger partial charge >= 0.3 is 0 Å². The molecule has 0 aliphatic carbocycles. The van der Waals surface area contributed by atoms with E-state index in [1.54, 1.807) is 6.33 Å². The predicted molar refractivity (Wildman–Crippen MR) is 58.5 cm³/mol. The lowest BCUT2D eigenvalue weighted by molar-refractivity contribution is 0.135. The molecule has 0 saturated heterocycles. The molecule has 0 unspecified atom stereocenters. The Bertz CT molecular complexity index is 237. The molecule has 0 spiro atoms. The molecule has 0 aliphatic heterocycles. The lowest BCUT2D eigenvalue weighted by Gasteiger charge is -2.06. The van der Waals surface area contributed by atoms with Gasteiger partial charge in [-0.1, -0.05) is 6.92 Å². The highest BCUT2D eigenvalue weighted by Gasteiger charge is 2.02. The van der Waals surface area contributed by atoms with Crippen molar-refractivity contribution in [3.8, 4) is 0 Å². The third kappa shape index (κ3) is 4.40. The second-order valence-corrected chi connectivity index (χ2v) is 3.27. The number of rotatable bonds is 8. The molecule has 0 saturated carbocycles. The zero-order valence-corrected chi connectivity index (χ0v) is 9.57. The first-order chi connectivity index (χ1) is 7.38. The maximum Gasteiger partial charge on any atom is 0.140 e. The Labute approximate surface area is 90.8 Å². The Morgan fingerprint density at radius 1 is 1.47 bits per heavy atom. The molecule has 1 heterocycles. The van der Waals surface area contributed by atoms with Crippen LogP contribution in [-0.2, 0) is 17.8 Å². The number of hydrogen-bond donors (Lipinski definition) is 1. The molecule has 1 N–H and O–H groups in total. The lowest BCUT2D eigenvalue weighted by Crippen LogP contribution is -2.19. The highest BCUT2D eigenvalue weighted by Crippen LogP contribution is 1.94. The Kier molecular flexibility index (Phi) is 5.96. The van der Waals surface area contributed by atoms with Crippen LogP contribution in [0, 0.1) is 0 Å². The fourth-order valence-corrected chi connectivity index (χ4v) is 1.28. The quantitative estimate of drug-likeness (QED) is 0.648. The maximum atomic E-state index is 5.28. The van der Waals surface area contributed by atoms with Crippen LogP contribution in [0.4, 0.5) is 0 Å². The van der Waals surface area contributed by atoms with E-state index in [-0.39, 0.29) is 0 Å². The van der Waals surface area contributed by atoms with Crippen LogP contribution in [0.3, 0.4) is 0 Å². The van der Waals surface area contributed by atoms with E-state index in [1.165, 1.54) is 0 Å². The fraction of sp³-hybridized carbons (Fsp3) is 0.800. The molecule has 0 amide bonds. The SMILES string of the molecule is CCCNCc1ncnn1CCOCC. The third-order valence-corrected chi connectivity index (χ3v) is 2.06. The van der Waals surface area contributed by atoms with Gasteiger partial charge in [-0.25, -0.2) is 9.67 Å². The van der Waals surface area contributed by atoms with Crippen LogP contribution in [0.25, 0.3) is 0 Å². The fourth-order valence-electron chi connectivity index (χ4n) is 1.28. The van der Waals surface area contributed by atoms with Crippen LogP contribution < -0.4 is 5.32 Å². The summed E-state index contributed by atoms with van der Waals surface area (Å²) >= 11 is 0. The van der Waals surface area contributed by atoms with Crippen LogP contribution >= 0.6 is 0 Å². The summed E-state index contributed by atoms with van der Waals surface area (Å²) in [6.45, 7) is 8.14. The maximum absolute atomic E-state index is 5.28. The number of nitrogens with one attached hydrogen (secondary N) is 1. The van der Waals surface area contributed by atoms with Crippen molar-refractivity contribution in [1.29, 1.82) is 0 Å². The van der Waals surface area contributed by atoms with E-state index in [0.29, 0.717) is 6.61 Å². The highest BCUT2D eigenvalue weighted by molar-refractivity contribution is 4.83. The molecule has 1 rings (SSSR count). The Morgan fingerprint density at radius 3 is 3.07 bits per heavy atom. The molecular formula is C10H20N4O. The lowest BCUT2D eigenvalue weighted by atomic mass is 10.4. The van der Waals surface area contributed by atoms with Gasteiger partial charge in [-0.2, -0.15) is 5.10 Å². The summed E-state index contributed by atoms with van der Waals surface area (Å²) in [4.78, 5) is 4.20. The van der Waals surface area contributed by atoms with Crippen molar-refractivity contribution >= 4 is 0 Å². The average molecular weight is 212 g/mol. The van der Waals surface area contributed by atoms with Gasteiger partial charge in [0.1, 0.15) is 12.2 Å². The van der Waals surface area contributed by atoms with Gasteiger partial charge in [0.15, 0.2) is 0 Å². The molecular weight excluding hydrogens is 192 g/mol. The molecule has 0 fully saturated rings. The van der Waals surface area contributed by atoms with E-state index in [1.807, 2.05) is 11.6 Å². The average Bonchev–Trinajstić information content (AvgIpc) is 2.67. The van der Waals surface area contributed by atoms with Crippen LogP contribution in [0.1, 0.15) is 26.1 Å². The zero-order chi connectivity index (χ0) is 10.9. The summed E-state index contributed by atoms with van der Waals surface area (Å²) in [6, 6.07) is 0. The molecule has 5 nitrogen and oxygen atoms in total. The summed E-state index contributed by atoms with van der Waals surface area (Å²) in [6.07, 6.45) is 2.72. The molecule has 0 radical (unpaired) electrons. The second-order valence-electron chi connectivity index (χ2n) is 3.27. The van der Waals surface area contributed by atoms with E-state index in [2.05, 4.69) is 22.3 Å². The number of nitrogens with zero attached hydrogens (tertiary/aromatic N) is 3. The van der Waals surface area contributed by atoms with Crippen LogP contribution in [0.15, 0.2) is 6.33 Å². The number of aromatic nitrogens is 3. The van der Waals surface area contributed by atoms with E-state index in [0.717, 1.165) is 38.5 Å². The molecule has 0 aliphatic rings. The monoisotopic (exact) mass is 212 g/mol. The Hall–Kier alpha value is -0.940. The molecule has 1 aromatic rings. The van der Waals surface area contributed by atoms with Crippen molar-refractivity contribution in [2.24, 2.45) is 0 Å². The molecule has 0 aromatic carbocycles. The minimum atomic E-state index is 0.695. The van der Waals surface area contributed by atoms with Crippen molar-refractivity contribution in [2.45, 2.75) is 33.4 Å². The van der Waals surface area contributed by atoms with Crippen molar-refractivity contribution in [2.75, 3.05) is 19.8 Å². The highest BCUT2D eigenvalue weighted by atomic mass is 16.5. The van der Waals surface area contributed by atoms with E-state index in [4.69, 9.17) is 4.74 Å². The van der Waals surface area contributed by atoms with Crippen molar-refractivity contribution in [3.63, 3.8) is 0 Å². The molecule has 5 heteroatoms. The molecule has 15 heavy (non-hydrogen) atoms. The van der Waals surface area contributed by atoms with E-state index < -0.39 is 0 Å². The minimum Gasteiger partial charge on any atom is -0.380 e. The van der Waals surface area contributed by atoms with Crippen molar-refractivity contribution in [1.82, 2.24) is 20.1 Å². The smallest absolute Gasteiger partial charge is 0.140 e. The topological polar surface area (TPSA) is 52.0 Å². The summed E-state index contributed by atoms with van der Waals surface area (Å²) in [5.41, 5.74) is 0. The first-order valence-corrected chi connectivity index (χ1v) is 5.53. The van der Waals surface area contributed by atoms with Gasteiger partial charge in [-0.15, -0.1) is 0 Å². The second kappa shape index (κ2) is 7.36. The predicted octanol–water partition coefficient (Wildman–Crippen LogP) is 0.814. The first-order valence-electron chi connectivity index (χ1n) is 5.53. The number of ether oxygens (including phenoxy) is 1. The summed E-state index contributed by atoms with van der Waals surface area (Å²) in [5.74, 6) is 0.975. The van der Waals surface area contributed by atoms with Crippen molar-refractivity contribution < 1.29 is 4.74 Å². The van der Waals surface area contributed by atoms with E-state index in [9.17, 15) is 0 Å². The van der Waals surface area contributed by atoms with Gasteiger partial charge in [-0.05, 0) is 19.9 Å². The first kappa shape index (κ1) is 12.1. The van der Waals surface area contributed by atoms with Crippen LogP contribution in [0.5, 0.6) is 0 Å². The van der Waals surface area contributed by atoms with Gasteiger partial charge in [0.05, 0.1) is 19.7 Å². The Morgan fingerprint density at radius 2 is 2.33 bits per heavy atom. The van der Waals surface area contributed by atoms with Gasteiger partial charge in [0.2, 0.25) is 0 Å². The summed E-state index contributed by atoms with van der Waals surface area (Å²) in [5, 5.41) is 7.46. The van der Waals surface area contributed by atoms with Crippen LogP contribution in [-0.4, -0.2) is 34.5 Å². The molecule has 0 atom stereocenters. The zero-order valence-electron chi connectivity index (χ0n) is 9.57. The molecule has 1 aromatic heterocycles. The standard InChI is InChI=1S/C10H20N4O/c1-3-5-11-8-10-12-9-13-14(10)6-7-15-4-2/h9,11H,3-8H2,1-2H3. The van der Waals surface area contributed by atoms with Crippen molar-refractivity contribution in [3.05, 3.63) is 12.2 Å².